The molecule has 2 aliphatic heterocycles. The van der Waals surface area contributed by atoms with E-state index in [1.54, 1.807) is 6.07 Å². The maximum atomic E-state index is 11.4. The fourth-order valence-electron chi connectivity index (χ4n) is 3.17. The fraction of sp³-hybridized carbons (Fsp3) is 0.381. The second-order valence-corrected chi connectivity index (χ2v) is 6.56. The average Bonchev–Trinajstić information content (AvgIpc) is 2.60. The molecule has 1 N–H and O–H groups in total. The number of fused-ring (bicyclic) bond motifs is 8. The van der Waals surface area contributed by atoms with Crippen LogP contribution in [0.5, 0.6) is 17.2 Å². The van der Waals surface area contributed by atoms with Gasteiger partial charge in [0.05, 0.1) is 0 Å². The summed E-state index contributed by atoms with van der Waals surface area (Å²) in [6, 6.07) is 13.4. The molecule has 0 radical (unpaired) electrons. The molecule has 0 aliphatic carbocycles. The van der Waals surface area contributed by atoms with Crippen molar-refractivity contribution < 1.29 is 19.4 Å². The Morgan fingerprint density at radius 1 is 1.04 bits per heavy atom. The van der Waals surface area contributed by atoms with Gasteiger partial charge in [0.1, 0.15) is 11.9 Å². The monoisotopic (exact) mass is 340 g/mol. The van der Waals surface area contributed by atoms with Crippen LogP contribution in [0.4, 0.5) is 0 Å². The number of ether oxygens (including phenoxy) is 2. The number of esters is 1. The van der Waals surface area contributed by atoms with Crippen LogP contribution in [0.3, 0.4) is 0 Å². The van der Waals surface area contributed by atoms with Gasteiger partial charge in [-0.25, -0.2) is 0 Å². The first-order chi connectivity index (χ1) is 12.1. The molecular formula is C21H24O4. The maximum Gasteiger partial charge on any atom is 0.302 e. The lowest BCUT2D eigenvalue weighted by Gasteiger charge is -2.17. The standard InChI is InChI=1S/C21H24O4/c1-15(22)24-18-5-3-2-4-16-6-10-19(11-7-16)25-21-14-17(8-12-18)9-13-20(21)23/h6-7,9-11,13-14,18,23H,2-5,8,12H2,1H3/t18-/m1/s1. The first-order valence-electron chi connectivity index (χ1n) is 8.86. The van der Waals surface area contributed by atoms with E-state index in [0.717, 1.165) is 44.1 Å². The van der Waals surface area contributed by atoms with E-state index in [-0.39, 0.29) is 17.8 Å². The van der Waals surface area contributed by atoms with Gasteiger partial charge >= 0.3 is 5.97 Å². The van der Waals surface area contributed by atoms with E-state index in [4.69, 9.17) is 9.47 Å². The van der Waals surface area contributed by atoms with E-state index in [1.807, 2.05) is 24.3 Å². The summed E-state index contributed by atoms with van der Waals surface area (Å²) in [7, 11) is 0. The zero-order chi connectivity index (χ0) is 17.6. The molecule has 2 aromatic carbocycles. The quantitative estimate of drug-likeness (QED) is 0.759. The summed E-state index contributed by atoms with van der Waals surface area (Å²) in [6.45, 7) is 1.46. The van der Waals surface area contributed by atoms with Crippen LogP contribution in [0.2, 0.25) is 0 Å². The first-order valence-corrected chi connectivity index (χ1v) is 8.86. The van der Waals surface area contributed by atoms with Gasteiger partial charge in [0.25, 0.3) is 0 Å². The summed E-state index contributed by atoms with van der Waals surface area (Å²) in [5.41, 5.74) is 2.31. The molecule has 4 nitrogen and oxygen atoms in total. The number of hydrogen-bond acceptors (Lipinski definition) is 4. The Balaban J connectivity index is 1.84. The molecule has 1 atom stereocenters. The second kappa shape index (κ2) is 8.06. The van der Waals surface area contributed by atoms with Crippen LogP contribution >= 0.6 is 0 Å². The molecule has 4 heteroatoms. The Labute approximate surface area is 148 Å². The Kier molecular flexibility index (Phi) is 5.59. The average molecular weight is 340 g/mol. The number of carbonyl (C=O) groups is 1. The molecule has 25 heavy (non-hydrogen) atoms. The number of rotatable bonds is 1. The Morgan fingerprint density at radius 3 is 2.56 bits per heavy atom. The highest BCUT2D eigenvalue weighted by molar-refractivity contribution is 5.66. The summed E-state index contributed by atoms with van der Waals surface area (Å²) in [4.78, 5) is 11.4. The van der Waals surface area contributed by atoms with Gasteiger partial charge < -0.3 is 14.6 Å². The molecule has 2 aliphatic rings. The van der Waals surface area contributed by atoms with Crippen molar-refractivity contribution in [2.75, 3.05) is 0 Å². The van der Waals surface area contributed by atoms with Crippen molar-refractivity contribution in [1.29, 1.82) is 0 Å². The third kappa shape index (κ3) is 4.99. The van der Waals surface area contributed by atoms with E-state index < -0.39 is 0 Å². The van der Waals surface area contributed by atoms with Gasteiger partial charge in [0.15, 0.2) is 11.5 Å². The van der Waals surface area contributed by atoms with Crippen molar-refractivity contribution in [2.45, 2.75) is 51.6 Å². The van der Waals surface area contributed by atoms with Gasteiger partial charge in [-0.2, -0.15) is 0 Å². The minimum Gasteiger partial charge on any atom is -0.504 e. The molecule has 0 saturated heterocycles. The summed E-state index contributed by atoms with van der Waals surface area (Å²) in [5, 5.41) is 10.1. The molecule has 2 heterocycles. The largest absolute Gasteiger partial charge is 0.504 e. The Bertz CT molecular complexity index is 721. The zero-order valence-corrected chi connectivity index (χ0v) is 14.5. The van der Waals surface area contributed by atoms with Crippen molar-refractivity contribution in [3.05, 3.63) is 53.6 Å². The lowest BCUT2D eigenvalue weighted by Crippen LogP contribution is -2.17. The Morgan fingerprint density at radius 2 is 1.80 bits per heavy atom. The highest BCUT2D eigenvalue weighted by atomic mass is 16.5. The van der Waals surface area contributed by atoms with E-state index in [9.17, 15) is 9.90 Å². The van der Waals surface area contributed by atoms with Gasteiger partial charge in [-0.3, -0.25) is 4.79 Å². The normalized spacial score (nSPS) is 17.9. The molecule has 2 aromatic rings. The fourth-order valence-corrected chi connectivity index (χ4v) is 3.17. The molecule has 132 valence electrons. The van der Waals surface area contributed by atoms with Crippen molar-refractivity contribution in [3.63, 3.8) is 0 Å². The molecule has 0 aromatic heterocycles. The van der Waals surface area contributed by atoms with Gasteiger partial charge in [0.2, 0.25) is 0 Å². The van der Waals surface area contributed by atoms with Crippen LogP contribution < -0.4 is 4.74 Å². The summed E-state index contributed by atoms with van der Waals surface area (Å²) >= 11 is 0. The Hall–Kier alpha value is -2.49. The smallest absolute Gasteiger partial charge is 0.302 e. The van der Waals surface area contributed by atoms with Crippen LogP contribution in [0.1, 0.15) is 43.7 Å². The van der Waals surface area contributed by atoms with Gasteiger partial charge in [-0.1, -0.05) is 18.2 Å². The van der Waals surface area contributed by atoms with Crippen LogP contribution in [-0.2, 0) is 22.4 Å². The lowest BCUT2D eigenvalue weighted by atomic mass is 10.0. The van der Waals surface area contributed by atoms with Crippen LogP contribution in [0.25, 0.3) is 0 Å². The third-order valence-electron chi connectivity index (χ3n) is 4.50. The number of benzene rings is 2. The van der Waals surface area contributed by atoms with E-state index >= 15 is 0 Å². The van der Waals surface area contributed by atoms with Crippen LogP contribution in [0.15, 0.2) is 42.5 Å². The molecule has 0 unspecified atom stereocenters. The summed E-state index contributed by atoms with van der Waals surface area (Å²) < 4.78 is 11.3. The third-order valence-corrected chi connectivity index (χ3v) is 4.50. The van der Waals surface area contributed by atoms with Crippen molar-refractivity contribution in [1.82, 2.24) is 0 Å². The molecule has 4 bridgehead atoms. The lowest BCUT2D eigenvalue weighted by molar-refractivity contribution is -0.147. The number of hydrogen-bond donors (Lipinski definition) is 1. The molecular weight excluding hydrogens is 316 g/mol. The number of aromatic hydroxyl groups is 1. The summed E-state index contributed by atoms with van der Waals surface area (Å²) in [6.07, 6.45) is 5.43. The predicted molar refractivity (Wildman–Crippen MR) is 96.1 cm³/mol. The van der Waals surface area contributed by atoms with Gasteiger partial charge in [-0.15, -0.1) is 0 Å². The molecule has 0 fully saturated rings. The number of phenolic OH excluding ortho intramolecular Hbond substituents is 1. The van der Waals surface area contributed by atoms with Gasteiger partial charge in [-0.05, 0) is 73.9 Å². The van der Waals surface area contributed by atoms with Crippen molar-refractivity contribution in [3.8, 4) is 17.2 Å². The molecule has 4 rings (SSSR count). The van der Waals surface area contributed by atoms with Crippen molar-refractivity contribution in [2.24, 2.45) is 0 Å². The number of aryl methyl sites for hydroxylation is 2. The topological polar surface area (TPSA) is 55.8 Å². The number of carbonyl (C=O) groups excluding carboxylic acids is 1. The number of phenols is 1. The highest BCUT2D eigenvalue weighted by Crippen LogP contribution is 2.32. The second-order valence-electron chi connectivity index (χ2n) is 6.56. The zero-order valence-electron chi connectivity index (χ0n) is 14.5. The van der Waals surface area contributed by atoms with Crippen LogP contribution in [-0.4, -0.2) is 17.2 Å². The summed E-state index contributed by atoms with van der Waals surface area (Å²) in [5.74, 6) is 1.05. The minimum absolute atomic E-state index is 0.0671. The van der Waals surface area contributed by atoms with Crippen molar-refractivity contribution >= 4 is 5.97 Å². The van der Waals surface area contributed by atoms with Crippen LogP contribution in [0, 0.1) is 0 Å². The van der Waals surface area contributed by atoms with Gasteiger partial charge in [0, 0.05) is 6.92 Å². The molecule has 0 spiro atoms. The highest BCUT2D eigenvalue weighted by Gasteiger charge is 2.14. The SMILES string of the molecule is CC(=O)O[C@@H]1CCCCc2ccc(cc2)Oc2cc(ccc2O)CC1. The molecule has 0 saturated carbocycles. The maximum absolute atomic E-state index is 11.4. The minimum atomic E-state index is -0.229. The van der Waals surface area contributed by atoms with E-state index in [0.29, 0.717) is 11.5 Å². The van der Waals surface area contributed by atoms with E-state index in [2.05, 4.69) is 12.1 Å². The molecule has 0 amide bonds. The van der Waals surface area contributed by atoms with E-state index in [1.165, 1.54) is 12.5 Å². The predicted octanol–water partition coefficient (Wildman–Crippen LogP) is 4.78. The first kappa shape index (κ1) is 17.3.